The van der Waals surface area contributed by atoms with Crippen LogP contribution in [0.5, 0.6) is 0 Å². The monoisotopic (exact) mass is 315 g/mol. The van der Waals surface area contributed by atoms with Gasteiger partial charge in [0.25, 0.3) is 0 Å². The van der Waals surface area contributed by atoms with Crippen molar-refractivity contribution in [3.05, 3.63) is 90.5 Å². The number of hydrogen-bond donors (Lipinski definition) is 0. The topological polar surface area (TPSA) is 17.1 Å². The molecule has 0 aliphatic carbocycles. The molecule has 0 atom stereocenters. The minimum Gasteiger partial charge on any atom is -0.295 e. The Balaban J connectivity index is 2.18. The molecule has 3 aromatic rings. The van der Waals surface area contributed by atoms with Crippen LogP contribution in [0.4, 0.5) is 0 Å². The summed E-state index contributed by atoms with van der Waals surface area (Å²) in [5.74, 6) is 0.0666. The van der Waals surface area contributed by atoms with Crippen LogP contribution in [0.15, 0.2) is 84.9 Å². The molecule has 0 bridgehead atoms. The largest absolute Gasteiger partial charge is 0.383 e. The average molecular weight is 315 g/mol. The van der Waals surface area contributed by atoms with Crippen molar-refractivity contribution in [2.75, 3.05) is 0 Å². The van der Waals surface area contributed by atoms with Crippen molar-refractivity contribution in [1.82, 2.24) is 0 Å². The first-order valence-corrected chi connectivity index (χ1v) is 9.38. The number of benzene rings is 3. The van der Waals surface area contributed by atoms with Crippen LogP contribution >= 0.6 is 7.14 Å². The van der Waals surface area contributed by atoms with Crippen LogP contribution in [0.2, 0.25) is 0 Å². The maximum absolute atomic E-state index is 11.5. The molecule has 0 spiro atoms. The highest BCUT2D eigenvalue weighted by Crippen LogP contribution is 2.50. The second-order valence-electron chi connectivity index (χ2n) is 5.50. The second kappa shape index (κ2) is 6.52. The molecule has 0 heterocycles. The van der Waals surface area contributed by atoms with E-state index < -0.39 is 7.14 Å². The zero-order valence-electron chi connectivity index (χ0n) is 13.0. The molecule has 3 rings (SSSR count). The molecule has 0 fully saturated rings. The molecule has 2 radical (unpaired) electrons. The van der Waals surface area contributed by atoms with E-state index in [0.29, 0.717) is 5.56 Å². The standard InChI is InChI=1S/C20H17BOP/c1-16(22)17-12-14-20(15-13-17)23(21,18-8-4-2-5-9-18)19-10-6-3-7-11-19/h2-15H,1H3/q+1. The van der Waals surface area contributed by atoms with E-state index in [0.717, 1.165) is 15.9 Å². The molecule has 23 heavy (non-hydrogen) atoms. The van der Waals surface area contributed by atoms with Crippen LogP contribution < -0.4 is 15.9 Å². The number of ketones is 1. The maximum Gasteiger partial charge on any atom is 0.383 e. The summed E-state index contributed by atoms with van der Waals surface area (Å²) < 4.78 is 0. The Morgan fingerprint density at radius 1 is 0.696 bits per heavy atom. The molecule has 0 saturated carbocycles. The second-order valence-corrected chi connectivity index (χ2v) is 8.49. The SMILES string of the molecule is [B][P+](c1ccccc1)(c1ccccc1)c1ccc(C(C)=O)cc1. The lowest BCUT2D eigenvalue weighted by molar-refractivity contribution is 0.101. The van der Waals surface area contributed by atoms with Crippen molar-refractivity contribution >= 4 is 36.4 Å². The zero-order valence-corrected chi connectivity index (χ0v) is 13.9. The molecule has 0 unspecified atom stereocenters. The van der Waals surface area contributed by atoms with E-state index in [1.54, 1.807) is 6.92 Å². The Morgan fingerprint density at radius 2 is 1.09 bits per heavy atom. The van der Waals surface area contributed by atoms with Crippen molar-refractivity contribution < 1.29 is 4.79 Å². The van der Waals surface area contributed by atoms with E-state index in [1.165, 1.54) is 0 Å². The van der Waals surface area contributed by atoms with Crippen molar-refractivity contribution in [3.63, 3.8) is 0 Å². The van der Waals surface area contributed by atoms with Crippen LogP contribution in [0.1, 0.15) is 17.3 Å². The Morgan fingerprint density at radius 3 is 1.48 bits per heavy atom. The Hall–Kier alpha value is -2.18. The van der Waals surface area contributed by atoms with Gasteiger partial charge in [-0.1, -0.05) is 36.4 Å². The molecule has 110 valence electrons. The zero-order chi connectivity index (χ0) is 16.3. The summed E-state index contributed by atoms with van der Waals surface area (Å²) >= 11 is 0. The van der Waals surface area contributed by atoms with Gasteiger partial charge in [-0.05, 0) is 55.5 Å². The third-order valence-electron chi connectivity index (χ3n) is 4.01. The summed E-state index contributed by atoms with van der Waals surface area (Å²) in [5.41, 5.74) is 0.710. The van der Waals surface area contributed by atoms with E-state index in [-0.39, 0.29) is 5.78 Å². The van der Waals surface area contributed by atoms with Crippen LogP contribution in [0, 0.1) is 0 Å². The number of rotatable bonds is 4. The summed E-state index contributed by atoms with van der Waals surface area (Å²) in [6.45, 7) is 1.58. The minimum atomic E-state index is -2.19. The average Bonchev–Trinajstić information content (AvgIpc) is 2.62. The van der Waals surface area contributed by atoms with Gasteiger partial charge in [-0.3, -0.25) is 4.79 Å². The molecule has 3 aromatic carbocycles. The van der Waals surface area contributed by atoms with Crippen molar-refractivity contribution in [2.45, 2.75) is 6.92 Å². The van der Waals surface area contributed by atoms with Crippen molar-refractivity contribution in [3.8, 4) is 0 Å². The molecule has 0 N–H and O–H groups in total. The molecule has 0 amide bonds. The lowest BCUT2D eigenvalue weighted by Gasteiger charge is -2.23. The molecule has 0 aromatic heterocycles. The van der Waals surface area contributed by atoms with Crippen LogP contribution in [0.25, 0.3) is 0 Å². The summed E-state index contributed by atoms with van der Waals surface area (Å²) in [6, 6.07) is 28.1. The molecule has 3 heteroatoms. The Kier molecular flexibility index (Phi) is 4.45. The summed E-state index contributed by atoms with van der Waals surface area (Å²) in [4.78, 5) is 11.5. The molecule has 0 aliphatic heterocycles. The first-order valence-electron chi connectivity index (χ1n) is 7.53. The summed E-state index contributed by atoms with van der Waals surface area (Å²) in [6.07, 6.45) is 0. The minimum absolute atomic E-state index is 0.0666. The van der Waals surface area contributed by atoms with Gasteiger partial charge >= 0.3 is 7.57 Å². The van der Waals surface area contributed by atoms with Gasteiger partial charge in [-0.2, -0.15) is 0 Å². The van der Waals surface area contributed by atoms with Crippen molar-refractivity contribution in [2.24, 2.45) is 0 Å². The number of Topliss-reactive ketones (excluding diaryl/α,β-unsaturated/α-hetero) is 1. The van der Waals surface area contributed by atoms with Crippen LogP contribution in [-0.2, 0) is 0 Å². The third kappa shape index (κ3) is 3.00. The van der Waals surface area contributed by atoms with E-state index in [4.69, 9.17) is 7.57 Å². The smallest absolute Gasteiger partial charge is 0.295 e. The van der Waals surface area contributed by atoms with Gasteiger partial charge < -0.3 is 0 Å². The normalized spacial score (nSPS) is 11.2. The van der Waals surface area contributed by atoms with Crippen LogP contribution in [-0.4, -0.2) is 13.3 Å². The summed E-state index contributed by atoms with van der Waals surface area (Å²) in [7, 11) is 4.83. The number of hydrogen-bond acceptors (Lipinski definition) is 1. The molecule has 0 aliphatic rings. The Bertz CT molecular complexity index is 759. The molecular formula is C20H17BOP+. The van der Waals surface area contributed by atoms with Crippen molar-refractivity contribution in [1.29, 1.82) is 0 Å². The number of carbonyl (C=O) groups excluding carboxylic acids is 1. The predicted molar refractivity (Wildman–Crippen MR) is 101 cm³/mol. The lowest BCUT2D eigenvalue weighted by atomic mass is 10.2. The fourth-order valence-electron chi connectivity index (χ4n) is 2.70. The molecular weight excluding hydrogens is 298 g/mol. The fraction of sp³-hybridized carbons (Fsp3) is 0.0500. The first-order chi connectivity index (χ1) is 11.1. The van der Waals surface area contributed by atoms with E-state index in [1.807, 2.05) is 60.7 Å². The van der Waals surface area contributed by atoms with E-state index in [2.05, 4.69) is 24.3 Å². The van der Waals surface area contributed by atoms with Gasteiger partial charge in [0.1, 0.15) is 0 Å². The molecule has 1 nitrogen and oxygen atoms in total. The fourth-order valence-corrected chi connectivity index (χ4v) is 5.50. The highest BCUT2D eigenvalue weighted by atomic mass is 31.2. The Labute approximate surface area is 139 Å². The third-order valence-corrected chi connectivity index (χ3v) is 7.35. The predicted octanol–water partition coefficient (Wildman–Crippen LogP) is 3.27. The van der Waals surface area contributed by atoms with Gasteiger partial charge in [-0.25, -0.2) is 0 Å². The first kappa shape index (κ1) is 15.7. The van der Waals surface area contributed by atoms with E-state index in [9.17, 15) is 4.79 Å². The van der Waals surface area contributed by atoms with Gasteiger partial charge in [0.2, 0.25) is 0 Å². The van der Waals surface area contributed by atoms with Gasteiger partial charge in [0.15, 0.2) is 5.78 Å². The van der Waals surface area contributed by atoms with Gasteiger partial charge in [-0.15, -0.1) is 0 Å². The summed E-state index contributed by atoms with van der Waals surface area (Å²) in [5, 5.41) is 3.32. The highest BCUT2D eigenvalue weighted by Gasteiger charge is 2.39. The number of carbonyl (C=O) groups is 1. The van der Waals surface area contributed by atoms with E-state index >= 15 is 0 Å². The quantitative estimate of drug-likeness (QED) is 0.410. The highest BCUT2D eigenvalue weighted by molar-refractivity contribution is 8.13. The van der Waals surface area contributed by atoms with Gasteiger partial charge in [0.05, 0.1) is 23.1 Å². The lowest BCUT2D eigenvalue weighted by Crippen LogP contribution is -2.31. The van der Waals surface area contributed by atoms with Crippen LogP contribution in [0.3, 0.4) is 0 Å². The molecule has 0 saturated heterocycles. The van der Waals surface area contributed by atoms with Gasteiger partial charge in [0, 0.05) is 5.56 Å². The maximum atomic E-state index is 11.5.